The monoisotopic (exact) mass is 257 g/mol. The number of hydrogen-bond acceptors (Lipinski definition) is 2. The summed E-state index contributed by atoms with van der Waals surface area (Å²) in [4.78, 5) is 11.6. The zero-order chi connectivity index (χ0) is 12.4. The van der Waals surface area contributed by atoms with Gasteiger partial charge in [0.1, 0.15) is 5.82 Å². The predicted molar refractivity (Wildman–Crippen MR) is 62.0 cm³/mol. The number of nitrogens with one attached hydrogen (secondary N) is 1. The van der Waals surface area contributed by atoms with Gasteiger partial charge in [-0.25, -0.2) is 4.39 Å². The Morgan fingerprint density at radius 1 is 1.53 bits per heavy atom. The topological polar surface area (TPSA) is 49.3 Å². The van der Waals surface area contributed by atoms with Crippen LogP contribution in [0.25, 0.3) is 0 Å². The van der Waals surface area contributed by atoms with Crippen molar-refractivity contribution in [3.63, 3.8) is 0 Å². The van der Waals surface area contributed by atoms with Crippen LogP contribution in [0.3, 0.4) is 0 Å². The summed E-state index contributed by atoms with van der Waals surface area (Å²) in [5.74, 6) is -0.591. The van der Waals surface area contributed by atoms with Gasteiger partial charge in [0.05, 0.1) is 6.10 Å². The summed E-state index contributed by atoms with van der Waals surface area (Å²) in [5.41, 5.74) is 0.682. The van der Waals surface area contributed by atoms with Crippen LogP contribution < -0.4 is 5.32 Å². The van der Waals surface area contributed by atoms with Crippen LogP contribution >= 0.6 is 11.6 Å². The van der Waals surface area contributed by atoms with Crippen molar-refractivity contribution in [2.45, 2.75) is 25.5 Å². The lowest BCUT2D eigenvalue weighted by atomic mass is 9.82. The van der Waals surface area contributed by atoms with Gasteiger partial charge >= 0.3 is 0 Å². The first-order valence-electron chi connectivity index (χ1n) is 5.46. The molecule has 17 heavy (non-hydrogen) atoms. The summed E-state index contributed by atoms with van der Waals surface area (Å²) in [6, 6.07) is 4.07. The molecule has 0 unspecified atom stereocenters. The molecule has 0 spiro atoms. The molecule has 0 saturated heterocycles. The second-order valence-corrected chi connectivity index (χ2v) is 4.68. The highest BCUT2D eigenvalue weighted by molar-refractivity contribution is 6.31. The summed E-state index contributed by atoms with van der Waals surface area (Å²) in [5, 5.41) is 12.1. The minimum atomic E-state index is -0.396. The summed E-state index contributed by atoms with van der Waals surface area (Å²) in [6.07, 6.45) is 0.687. The molecule has 0 heterocycles. The van der Waals surface area contributed by atoms with E-state index in [1.807, 2.05) is 0 Å². The van der Waals surface area contributed by atoms with Gasteiger partial charge in [-0.15, -0.1) is 0 Å². The van der Waals surface area contributed by atoms with Crippen LogP contribution in [0.2, 0.25) is 5.02 Å². The molecule has 2 N–H and O–H groups in total. The first kappa shape index (κ1) is 12.3. The number of carbonyl (C=O) groups excluding carboxylic acids is 1. The quantitative estimate of drug-likeness (QED) is 0.869. The van der Waals surface area contributed by atoms with Crippen molar-refractivity contribution in [1.29, 1.82) is 0 Å². The van der Waals surface area contributed by atoms with Crippen LogP contribution in [-0.4, -0.2) is 17.1 Å². The molecule has 0 atom stereocenters. The van der Waals surface area contributed by atoms with E-state index in [9.17, 15) is 9.18 Å². The van der Waals surface area contributed by atoms with Crippen LogP contribution in [-0.2, 0) is 11.3 Å². The molecule has 0 bridgehead atoms. The smallest absolute Gasteiger partial charge is 0.223 e. The van der Waals surface area contributed by atoms with Gasteiger partial charge in [0.25, 0.3) is 0 Å². The summed E-state index contributed by atoms with van der Waals surface area (Å²) < 4.78 is 12.8. The van der Waals surface area contributed by atoms with E-state index in [4.69, 9.17) is 16.7 Å². The van der Waals surface area contributed by atoms with Crippen LogP contribution in [0, 0.1) is 11.7 Å². The molecule has 92 valence electrons. The number of carbonyl (C=O) groups is 1. The number of aliphatic hydroxyl groups is 1. The van der Waals surface area contributed by atoms with Crippen molar-refractivity contribution in [2.75, 3.05) is 0 Å². The fourth-order valence-corrected chi connectivity index (χ4v) is 2.03. The van der Waals surface area contributed by atoms with Crippen molar-refractivity contribution in [2.24, 2.45) is 5.92 Å². The number of halogens is 2. The van der Waals surface area contributed by atoms with Gasteiger partial charge in [0.2, 0.25) is 5.91 Å². The molecule has 0 aliphatic heterocycles. The first-order valence-corrected chi connectivity index (χ1v) is 5.84. The predicted octanol–water partition coefficient (Wildman–Crippen LogP) is 1.87. The fourth-order valence-electron chi connectivity index (χ4n) is 1.79. The van der Waals surface area contributed by atoms with Gasteiger partial charge in [-0.05, 0) is 30.5 Å². The van der Waals surface area contributed by atoms with E-state index in [-0.39, 0.29) is 24.5 Å². The highest BCUT2D eigenvalue weighted by Gasteiger charge is 2.32. The average molecular weight is 258 g/mol. The lowest BCUT2D eigenvalue weighted by Crippen LogP contribution is -2.40. The molecule has 1 aromatic rings. The van der Waals surface area contributed by atoms with Gasteiger partial charge in [0.15, 0.2) is 0 Å². The Labute approximate surface area is 104 Å². The molecule has 3 nitrogen and oxygen atoms in total. The van der Waals surface area contributed by atoms with E-state index in [0.717, 1.165) is 0 Å². The Morgan fingerprint density at radius 2 is 2.24 bits per heavy atom. The Morgan fingerprint density at radius 3 is 2.82 bits per heavy atom. The van der Waals surface area contributed by atoms with Crippen LogP contribution in [0.4, 0.5) is 4.39 Å². The standard InChI is InChI=1S/C12H13ClFNO2/c13-11-5-9(14)2-1-7(11)6-15-12(17)8-3-10(16)4-8/h1-2,5,8,10,16H,3-4,6H2,(H,15,17). The number of aliphatic hydroxyl groups excluding tert-OH is 1. The maximum absolute atomic E-state index is 12.8. The third-order valence-corrected chi connectivity index (χ3v) is 3.30. The minimum absolute atomic E-state index is 0.0873. The fraction of sp³-hybridized carbons (Fsp3) is 0.417. The van der Waals surface area contributed by atoms with Gasteiger partial charge < -0.3 is 10.4 Å². The molecule has 1 aliphatic rings. The summed E-state index contributed by atoms with van der Waals surface area (Å²) in [6.45, 7) is 0.282. The average Bonchev–Trinajstić information content (AvgIpc) is 2.23. The molecule has 1 amide bonds. The maximum Gasteiger partial charge on any atom is 0.223 e. The molecular weight excluding hydrogens is 245 g/mol. The van der Waals surface area contributed by atoms with Crippen molar-refractivity contribution in [3.8, 4) is 0 Å². The Balaban J connectivity index is 1.87. The second-order valence-electron chi connectivity index (χ2n) is 4.28. The molecule has 2 rings (SSSR count). The highest BCUT2D eigenvalue weighted by Crippen LogP contribution is 2.27. The minimum Gasteiger partial charge on any atom is -0.393 e. The van der Waals surface area contributed by atoms with Crippen molar-refractivity contribution in [1.82, 2.24) is 5.32 Å². The summed E-state index contributed by atoms with van der Waals surface area (Å²) in [7, 11) is 0. The molecule has 0 radical (unpaired) electrons. The lowest BCUT2D eigenvalue weighted by molar-refractivity contribution is -0.131. The Kier molecular flexibility index (Phi) is 3.64. The molecule has 1 saturated carbocycles. The third kappa shape index (κ3) is 2.96. The van der Waals surface area contributed by atoms with E-state index in [0.29, 0.717) is 23.4 Å². The molecule has 5 heteroatoms. The van der Waals surface area contributed by atoms with Gasteiger partial charge in [-0.1, -0.05) is 17.7 Å². The van der Waals surface area contributed by atoms with E-state index in [2.05, 4.69) is 5.32 Å². The van der Waals surface area contributed by atoms with Crippen molar-refractivity contribution >= 4 is 17.5 Å². The van der Waals surface area contributed by atoms with E-state index in [1.54, 1.807) is 6.07 Å². The molecule has 0 aromatic heterocycles. The number of amides is 1. The van der Waals surface area contributed by atoms with Crippen LogP contribution in [0.1, 0.15) is 18.4 Å². The third-order valence-electron chi connectivity index (χ3n) is 2.95. The first-order chi connectivity index (χ1) is 8.06. The van der Waals surface area contributed by atoms with Crippen molar-refractivity contribution < 1.29 is 14.3 Å². The molecule has 1 fully saturated rings. The van der Waals surface area contributed by atoms with Crippen LogP contribution in [0.15, 0.2) is 18.2 Å². The Hall–Kier alpha value is -1.13. The van der Waals surface area contributed by atoms with E-state index < -0.39 is 5.82 Å². The SMILES string of the molecule is O=C(NCc1ccc(F)cc1Cl)C1CC(O)C1. The lowest BCUT2D eigenvalue weighted by Gasteiger charge is -2.30. The van der Waals surface area contributed by atoms with Crippen molar-refractivity contribution in [3.05, 3.63) is 34.6 Å². The number of benzene rings is 1. The molecule has 1 aromatic carbocycles. The van der Waals surface area contributed by atoms with Gasteiger partial charge in [-0.3, -0.25) is 4.79 Å². The van der Waals surface area contributed by atoms with E-state index >= 15 is 0 Å². The molecular formula is C12H13ClFNO2. The summed E-state index contributed by atoms with van der Waals surface area (Å²) >= 11 is 5.83. The highest BCUT2D eigenvalue weighted by atomic mass is 35.5. The van der Waals surface area contributed by atoms with Gasteiger partial charge in [0, 0.05) is 17.5 Å². The Bertz CT molecular complexity index is 433. The maximum atomic E-state index is 12.8. The zero-order valence-corrected chi connectivity index (χ0v) is 9.88. The van der Waals surface area contributed by atoms with Crippen LogP contribution in [0.5, 0.6) is 0 Å². The van der Waals surface area contributed by atoms with E-state index in [1.165, 1.54) is 12.1 Å². The van der Waals surface area contributed by atoms with Gasteiger partial charge in [-0.2, -0.15) is 0 Å². The number of hydrogen-bond donors (Lipinski definition) is 2. The molecule has 1 aliphatic carbocycles. The number of rotatable bonds is 3. The zero-order valence-electron chi connectivity index (χ0n) is 9.12. The normalized spacial score (nSPS) is 23.0. The second kappa shape index (κ2) is 5.02. The largest absolute Gasteiger partial charge is 0.393 e.